The number of aromatic nitrogens is 2. The maximum atomic E-state index is 12.9. The molecule has 0 radical (unpaired) electrons. The first-order chi connectivity index (χ1) is 13.6. The molecule has 28 heavy (non-hydrogen) atoms. The van der Waals surface area contributed by atoms with Crippen molar-refractivity contribution in [2.75, 3.05) is 21.3 Å². The van der Waals surface area contributed by atoms with Crippen LogP contribution in [0.4, 0.5) is 0 Å². The van der Waals surface area contributed by atoms with Gasteiger partial charge in [-0.25, -0.2) is 4.98 Å². The summed E-state index contributed by atoms with van der Waals surface area (Å²) in [6, 6.07) is 8.90. The number of hydrogen-bond donors (Lipinski definition) is 0. The van der Waals surface area contributed by atoms with Crippen molar-refractivity contribution in [3.05, 3.63) is 57.1 Å². The Balaban J connectivity index is 1.88. The highest BCUT2D eigenvalue weighted by atomic mass is 35.5. The highest BCUT2D eigenvalue weighted by molar-refractivity contribution is 6.31. The Kier molecular flexibility index (Phi) is 4.73. The average molecular weight is 399 g/mol. The van der Waals surface area contributed by atoms with Crippen LogP contribution < -0.4 is 19.8 Å². The van der Waals surface area contributed by atoms with Crippen molar-refractivity contribution in [3.63, 3.8) is 0 Å². The summed E-state index contributed by atoms with van der Waals surface area (Å²) < 4.78 is 18.1. The third-order valence-electron chi connectivity index (χ3n) is 4.87. The highest BCUT2D eigenvalue weighted by Crippen LogP contribution is 2.41. The van der Waals surface area contributed by atoms with Crippen molar-refractivity contribution < 1.29 is 14.2 Å². The van der Waals surface area contributed by atoms with Crippen LogP contribution in [0, 0.1) is 0 Å². The summed E-state index contributed by atoms with van der Waals surface area (Å²) in [6.07, 6.45) is 2.68. The molecule has 1 aliphatic heterocycles. The highest BCUT2D eigenvalue weighted by Gasteiger charge is 2.22. The SMILES string of the molecule is COc1ccc(C=C2CCn3c2nc2ccc(Cl)cc2c3=O)c(OC)c1OC. The molecular weight excluding hydrogens is 380 g/mol. The van der Waals surface area contributed by atoms with E-state index in [4.69, 9.17) is 30.8 Å². The first-order valence-electron chi connectivity index (χ1n) is 8.77. The Morgan fingerprint density at radius 1 is 1.07 bits per heavy atom. The largest absolute Gasteiger partial charge is 0.493 e. The number of allylic oxidation sites excluding steroid dienone is 1. The molecule has 0 amide bonds. The summed E-state index contributed by atoms with van der Waals surface area (Å²) >= 11 is 6.04. The van der Waals surface area contributed by atoms with Crippen LogP contribution >= 0.6 is 11.6 Å². The average Bonchev–Trinajstić information content (AvgIpc) is 3.11. The lowest BCUT2D eigenvalue weighted by atomic mass is 10.1. The topological polar surface area (TPSA) is 62.6 Å². The zero-order chi connectivity index (χ0) is 19.8. The Labute approximate surface area is 166 Å². The molecule has 0 aliphatic carbocycles. The van der Waals surface area contributed by atoms with Gasteiger partial charge in [-0.2, -0.15) is 0 Å². The van der Waals surface area contributed by atoms with Gasteiger partial charge in [0.1, 0.15) is 5.82 Å². The summed E-state index contributed by atoms with van der Waals surface area (Å²) in [4.78, 5) is 17.6. The molecule has 7 heteroatoms. The van der Waals surface area contributed by atoms with Crippen molar-refractivity contribution in [2.45, 2.75) is 13.0 Å². The monoisotopic (exact) mass is 398 g/mol. The molecule has 1 aromatic heterocycles. The quantitative estimate of drug-likeness (QED) is 0.664. The number of fused-ring (bicyclic) bond motifs is 2. The predicted octanol–water partition coefficient (Wildman–Crippen LogP) is 4.02. The predicted molar refractivity (Wildman–Crippen MR) is 110 cm³/mol. The van der Waals surface area contributed by atoms with Gasteiger partial charge in [-0.15, -0.1) is 0 Å². The molecule has 2 heterocycles. The molecule has 1 aliphatic rings. The second-order valence-electron chi connectivity index (χ2n) is 6.40. The molecule has 2 aromatic carbocycles. The minimum Gasteiger partial charge on any atom is -0.493 e. The molecular formula is C21H19ClN2O4. The fourth-order valence-electron chi connectivity index (χ4n) is 3.55. The lowest BCUT2D eigenvalue weighted by Crippen LogP contribution is -2.20. The van der Waals surface area contributed by atoms with E-state index in [0.29, 0.717) is 52.0 Å². The Bertz CT molecular complexity index is 1170. The number of halogens is 1. The van der Waals surface area contributed by atoms with Crippen LogP contribution in [-0.2, 0) is 6.54 Å². The third kappa shape index (κ3) is 2.90. The normalized spacial score (nSPS) is 14.4. The van der Waals surface area contributed by atoms with Crippen LogP contribution in [0.3, 0.4) is 0 Å². The molecule has 0 saturated carbocycles. The van der Waals surface area contributed by atoms with Gasteiger partial charge in [-0.1, -0.05) is 11.6 Å². The zero-order valence-electron chi connectivity index (χ0n) is 15.8. The first-order valence-corrected chi connectivity index (χ1v) is 9.15. The van der Waals surface area contributed by atoms with E-state index in [9.17, 15) is 4.79 Å². The third-order valence-corrected chi connectivity index (χ3v) is 5.11. The summed E-state index contributed by atoms with van der Waals surface area (Å²) in [6.45, 7) is 0.574. The smallest absolute Gasteiger partial charge is 0.261 e. The van der Waals surface area contributed by atoms with E-state index < -0.39 is 0 Å². The molecule has 0 N–H and O–H groups in total. The van der Waals surface area contributed by atoms with Crippen LogP contribution in [0.1, 0.15) is 17.8 Å². The fourth-order valence-corrected chi connectivity index (χ4v) is 3.72. The van der Waals surface area contributed by atoms with Gasteiger partial charge in [-0.05, 0) is 48.4 Å². The van der Waals surface area contributed by atoms with Crippen LogP contribution in [-0.4, -0.2) is 30.9 Å². The molecule has 0 unspecified atom stereocenters. The van der Waals surface area contributed by atoms with Gasteiger partial charge in [0, 0.05) is 17.1 Å². The lowest BCUT2D eigenvalue weighted by Gasteiger charge is -2.14. The van der Waals surface area contributed by atoms with Gasteiger partial charge in [0.05, 0.1) is 32.2 Å². The molecule has 144 valence electrons. The molecule has 6 nitrogen and oxygen atoms in total. The summed E-state index contributed by atoms with van der Waals surface area (Å²) in [5.74, 6) is 2.35. The number of methoxy groups -OCH3 is 3. The maximum absolute atomic E-state index is 12.9. The van der Waals surface area contributed by atoms with Crippen molar-refractivity contribution in [1.82, 2.24) is 9.55 Å². The van der Waals surface area contributed by atoms with E-state index >= 15 is 0 Å². The number of hydrogen-bond acceptors (Lipinski definition) is 5. The maximum Gasteiger partial charge on any atom is 0.261 e. The Morgan fingerprint density at radius 2 is 1.86 bits per heavy atom. The number of rotatable bonds is 4. The Hall–Kier alpha value is -2.99. The van der Waals surface area contributed by atoms with E-state index in [0.717, 1.165) is 11.1 Å². The number of benzene rings is 2. The fraction of sp³-hybridized carbons (Fsp3) is 0.238. The summed E-state index contributed by atoms with van der Waals surface area (Å²) in [7, 11) is 4.73. The molecule has 0 fully saturated rings. The second kappa shape index (κ2) is 7.20. The minimum absolute atomic E-state index is 0.0785. The minimum atomic E-state index is -0.0785. The van der Waals surface area contributed by atoms with Crippen molar-refractivity contribution in [3.8, 4) is 17.2 Å². The van der Waals surface area contributed by atoms with Crippen LogP contribution in [0.5, 0.6) is 17.2 Å². The van der Waals surface area contributed by atoms with E-state index in [1.807, 2.05) is 18.2 Å². The lowest BCUT2D eigenvalue weighted by molar-refractivity contribution is 0.324. The first kappa shape index (κ1) is 18.4. The van der Waals surface area contributed by atoms with E-state index in [1.165, 1.54) is 0 Å². The van der Waals surface area contributed by atoms with E-state index in [2.05, 4.69) is 0 Å². The van der Waals surface area contributed by atoms with Crippen molar-refractivity contribution in [2.24, 2.45) is 0 Å². The summed E-state index contributed by atoms with van der Waals surface area (Å²) in [5.41, 5.74) is 2.34. The zero-order valence-corrected chi connectivity index (χ0v) is 16.5. The van der Waals surface area contributed by atoms with E-state index in [1.54, 1.807) is 44.1 Å². The molecule has 3 aromatic rings. The molecule has 0 spiro atoms. The van der Waals surface area contributed by atoms with Gasteiger partial charge in [0.15, 0.2) is 11.5 Å². The van der Waals surface area contributed by atoms with Gasteiger partial charge >= 0.3 is 0 Å². The van der Waals surface area contributed by atoms with Crippen LogP contribution in [0.15, 0.2) is 35.1 Å². The molecule has 4 rings (SSSR count). The van der Waals surface area contributed by atoms with Gasteiger partial charge in [0.2, 0.25) is 5.75 Å². The van der Waals surface area contributed by atoms with Crippen molar-refractivity contribution >= 4 is 34.2 Å². The van der Waals surface area contributed by atoms with Gasteiger partial charge in [0.25, 0.3) is 5.56 Å². The molecule has 0 bridgehead atoms. The molecule has 0 atom stereocenters. The molecule has 0 saturated heterocycles. The van der Waals surface area contributed by atoms with Crippen LogP contribution in [0.25, 0.3) is 22.6 Å². The standard InChI is InChI=1S/C21H19ClN2O4/c1-26-17-7-4-12(18(27-2)19(17)28-3)10-13-8-9-24-20(13)23-16-6-5-14(22)11-15(16)21(24)25/h4-7,10-11H,8-9H2,1-3H3. The van der Waals surface area contributed by atoms with Gasteiger partial charge < -0.3 is 14.2 Å². The number of ether oxygens (including phenoxy) is 3. The Morgan fingerprint density at radius 3 is 2.57 bits per heavy atom. The van der Waals surface area contributed by atoms with Crippen molar-refractivity contribution in [1.29, 1.82) is 0 Å². The number of nitrogens with zero attached hydrogens (tertiary/aromatic N) is 2. The van der Waals surface area contributed by atoms with E-state index in [-0.39, 0.29) is 5.56 Å². The van der Waals surface area contributed by atoms with Crippen LogP contribution in [0.2, 0.25) is 5.02 Å². The summed E-state index contributed by atoms with van der Waals surface area (Å²) in [5, 5.41) is 1.05. The van der Waals surface area contributed by atoms with Gasteiger partial charge in [-0.3, -0.25) is 9.36 Å². The second-order valence-corrected chi connectivity index (χ2v) is 6.83.